The summed E-state index contributed by atoms with van der Waals surface area (Å²) in [5.41, 5.74) is 8.80. The number of ether oxygens (including phenoxy) is 3. The van der Waals surface area contributed by atoms with Gasteiger partial charge in [0.05, 0.1) is 42.6 Å². The molecule has 3 heterocycles. The van der Waals surface area contributed by atoms with E-state index in [1.54, 1.807) is 18.0 Å². The quantitative estimate of drug-likeness (QED) is 0.626. The largest absolute Gasteiger partial charge is 0.490 e. The van der Waals surface area contributed by atoms with Gasteiger partial charge in [-0.25, -0.2) is 4.98 Å². The maximum Gasteiger partial charge on any atom is 0.225 e. The number of benzene rings is 1. The Hall–Kier alpha value is -2.97. The molecule has 0 bridgehead atoms. The number of nitrogens with zero attached hydrogens (tertiary/aromatic N) is 3. The van der Waals surface area contributed by atoms with Crippen LogP contribution < -0.4 is 10.5 Å². The second-order valence-electron chi connectivity index (χ2n) is 6.79. The van der Waals surface area contributed by atoms with Crippen molar-refractivity contribution in [3.63, 3.8) is 0 Å². The Bertz CT molecular complexity index is 1020. The molecular weight excluding hydrogens is 360 g/mol. The maximum absolute atomic E-state index is 11.6. The summed E-state index contributed by atoms with van der Waals surface area (Å²) in [5, 5.41) is 5.06. The van der Waals surface area contributed by atoms with E-state index in [0.29, 0.717) is 25.6 Å². The topological polar surface area (TPSA) is 101 Å². The average Bonchev–Trinajstić information content (AvgIpc) is 3.07. The number of carbonyl (C=O) groups is 1. The van der Waals surface area contributed by atoms with Gasteiger partial charge < -0.3 is 19.9 Å². The molecule has 0 aliphatic carbocycles. The van der Waals surface area contributed by atoms with Gasteiger partial charge in [0.1, 0.15) is 12.4 Å². The van der Waals surface area contributed by atoms with Gasteiger partial charge in [-0.1, -0.05) is 6.07 Å². The monoisotopic (exact) mass is 382 g/mol. The standard InChI is InChI=1S/C20H22N4O4/c1-24-10-13(9-22-24)17-8-18(27-6-5-26-2)14-7-12(3-4-16(14)23-17)19-15(11-28-19)20(21)25/h3-4,7-10,15,19H,5-6,11H2,1-2H3,(H2,21,25). The van der Waals surface area contributed by atoms with Crippen LogP contribution in [-0.4, -0.2) is 47.6 Å². The Balaban J connectivity index is 1.76. The Labute approximate surface area is 162 Å². The number of hydrogen-bond donors (Lipinski definition) is 1. The zero-order valence-electron chi connectivity index (χ0n) is 15.8. The molecule has 146 valence electrons. The number of rotatable bonds is 7. The Kier molecular flexibility index (Phi) is 4.97. The van der Waals surface area contributed by atoms with Crippen LogP contribution in [0.25, 0.3) is 22.2 Å². The van der Waals surface area contributed by atoms with Crippen LogP contribution in [0.5, 0.6) is 5.75 Å². The van der Waals surface area contributed by atoms with Crippen molar-refractivity contribution < 1.29 is 19.0 Å². The summed E-state index contributed by atoms with van der Waals surface area (Å²) in [6, 6.07) is 7.68. The molecule has 1 amide bonds. The van der Waals surface area contributed by atoms with E-state index in [4.69, 9.17) is 24.9 Å². The summed E-state index contributed by atoms with van der Waals surface area (Å²) >= 11 is 0. The second-order valence-corrected chi connectivity index (χ2v) is 6.79. The number of hydrogen-bond acceptors (Lipinski definition) is 6. The van der Waals surface area contributed by atoms with E-state index < -0.39 is 0 Å². The first-order valence-corrected chi connectivity index (χ1v) is 9.03. The molecule has 0 radical (unpaired) electrons. The minimum absolute atomic E-state index is 0.307. The summed E-state index contributed by atoms with van der Waals surface area (Å²) in [4.78, 5) is 16.3. The van der Waals surface area contributed by atoms with E-state index in [9.17, 15) is 4.79 Å². The van der Waals surface area contributed by atoms with Crippen LogP contribution in [0.1, 0.15) is 11.7 Å². The van der Waals surface area contributed by atoms with E-state index in [2.05, 4.69) is 5.10 Å². The number of aromatic nitrogens is 3. The predicted molar refractivity (Wildman–Crippen MR) is 103 cm³/mol. The van der Waals surface area contributed by atoms with E-state index in [1.165, 1.54) is 0 Å². The minimum atomic E-state index is -0.349. The van der Waals surface area contributed by atoms with Crippen LogP contribution in [0.15, 0.2) is 36.7 Å². The van der Waals surface area contributed by atoms with Gasteiger partial charge in [0.15, 0.2) is 0 Å². The molecule has 1 aromatic carbocycles. The lowest BCUT2D eigenvalue weighted by Crippen LogP contribution is -2.42. The first-order chi connectivity index (χ1) is 13.6. The number of primary amides is 1. The summed E-state index contributed by atoms with van der Waals surface area (Å²) in [6.07, 6.45) is 3.34. The number of fused-ring (bicyclic) bond motifs is 1. The Morgan fingerprint density at radius 3 is 2.86 bits per heavy atom. The normalized spacial score (nSPS) is 18.8. The zero-order valence-corrected chi connectivity index (χ0v) is 15.8. The molecule has 2 atom stereocenters. The number of aryl methyl sites for hydroxylation is 1. The summed E-state index contributed by atoms with van der Waals surface area (Å²) in [5.74, 6) is 0.0357. The summed E-state index contributed by atoms with van der Waals surface area (Å²) < 4.78 is 18.4. The van der Waals surface area contributed by atoms with E-state index in [0.717, 1.165) is 27.7 Å². The van der Waals surface area contributed by atoms with Gasteiger partial charge in [-0.15, -0.1) is 0 Å². The number of carbonyl (C=O) groups excluding carboxylic acids is 1. The lowest BCUT2D eigenvalue weighted by Gasteiger charge is -2.35. The van der Waals surface area contributed by atoms with Gasteiger partial charge in [0.25, 0.3) is 0 Å². The molecule has 8 heteroatoms. The lowest BCUT2D eigenvalue weighted by atomic mass is 9.90. The molecule has 1 aliphatic heterocycles. The van der Waals surface area contributed by atoms with E-state index >= 15 is 0 Å². The third-order valence-corrected chi connectivity index (χ3v) is 4.86. The van der Waals surface area contributed by atoms with Crippen LogP contribution in [0.4, 0.5) is 0 Å². The van der Waals surface area contributed by atoms with Crippen LogP contribution in [0, 0.1) is 5.92 Å². The van der Waals surface area contributed by atoms with Crippen molar-refractivity contribution >= 4 is 16.8 Å². The molecule has 0 spiro atoms. The van der Waals surface area contributed by atoms with Crippen LogP contribution in [-0.2, 0) is 21.3 Å². The fourth-order valence-electron chi connectivity index (χ4n) is 3.29. The van der Waals surface area contributed by atoms with Crippen LogP contribution >= 0.6 is 0 Å². The van der Waals surface area contributed by atoms with Crippen molar-refractivity contribution in [2.45, 2.75) is 6.10 Å². The first kappa shape index (κ1) is 18.4. The van der Waals surface area contributed by atoms with Crippen molar-refractivity contribution in [1.29, 1.82) is 0 Å². The van der Waals surface area contributed by atoms with Crippen LogP contribution in [0.2, 0.25) is 0 Å². The van der Waals surface area contributed by atoms with Crippen molar-refractivity contribution in [2.24, 2.45) is 18.7 Å². The fourth-order valence-corrected chi connectivity index (χ4v) is 3.29. The molecule has 8 nitrogen and oxygen atoms in total. The first-order valence-electron chi connectivity index (χ1n) is 9.03. The Morgan fingerprint density at radius 2 is 2.21 bits per heavy atom. The SMILES string of the molecule is COCCOc1cc(-c2cnn(C)c2)nc2ccc(C3OCC3C(N)=O)cc12. The van der Waals surface area contributed by atoms with Gasteiger partial charge in [0, 0.05) is 37.4 Å². The summed E-state index contributed by atoms with van der Waals surface area (Å²) in [6.45, 7) is 1.24. The highest BCUT2D eigenvalue weighted by Crippen LogP contribution is 2.38. The van der Waals surface area contributed by atoms with Crippen LogP contribution in [0.3, 0.4) is 0 Å². The van der Waals surface area contributed by atoms with Crippen molar-refractivity contribution in [1.82, 2.24) is 14.8 Å². The smallest absolute Gasteiger partial charge is 0.225 e. The van der Waals surface area contributed by atoms with Crippen molar-refractivity contribution in [2.75, 3.05) is 26.9 Å². The van der Waals surface area contributed by atoms with Gasteiger partial charge in [-0.3, -0.25) is 9.48 Å². The van der Waals surface area contributed by atoms with Gasteiger partial charge in [-0.2, -0.15) is 5.10 Å². The zero-order chi connectivity index (χ0) is 19.7. The van der Waals surface area contributed by atoms with Gasteiger partial charge >= 0.3 is 0 Å². The molecule has 1 fully saturated rings. The van der Waals surface area contributed by atoms with Crippen molar-refractivity contribution in [3.8, 4) is 17.0 Å². The molecular formula is C20H22N4O4. The predicted octanol–water partition coefficient (Wildman–Crippen LogP) is 1.83. The maximum atomic E-state index is 11.6. The molecule has 1 aliphatic rings. The fraction of sp³-hybridized carbons (Fsp3) is 0.350. The molecule has 2 N–H and O–H groups in total. The highest BCUT2D eigenvalue weighted by atomic mass is 16.5. The highest BCUT2D eigenvalue weighted by Gasteiger charge is 2.37. The minimum Gasteiger partial charge on any atom is -0.490 e. The van der Waals surface area contributed by atoms with Gasteiger partial charge in [-0.05, 0) is 17.7 Å². The number of nitrogens with two attached hydrogens (primary N) is 1. The van der Waals surface area contributed by atoms with E-state index in [-0.39, 0.29) is 17.9 Å². The van der Waals surface area contributed by atoms with Gasteiger partial charge in [0.2, 0.25) is 5.91 Å². The molecule has 2 unspecified atom stereocenters. The number of pyridine rings is 1. The highest BCUT2D eigenvalue weighted by molar-refractivity contribution is 5.89. The molecule has 3 aromatic rings. The third kappa shape index (κ3) is 3.44. The molecule has 0 saturated carbocycles. The molecule has 1 saturated heterocycles. The lowest BCUT2D eigenvalue weighted by molar-refractivity contribution is -0.154. The second kappa shape index (κ2) is 7.57. The molecule has 4 rings (SSSR count). The van der Waals surface area contributed by atoms with Crippen molar-refractivity contribution in [3.05, 3.63) is 42.2 Å². The molecule has 2 aromatic heterocycles. The number of methoxy groups -OCH3 is 1. The molecule has 28 heavy (non-hydrogen) atoms. The van der Waals surface area contributed by atoms with E-state index in [1.807, 2.05) is 37.5 Å². The average molecular weight is 382 g/mol. The summed E-state index contributed by atoms with van der Waals surface area (Å²) in [7, 11) is 3.49. The Morgan fingerprint density at radius 1 is 1.36 bits per heavy atom. The third-order valence-electron chi connectivity index (χ3n) is 4.86. The number of amides is 1.